The van der Waals surface area contributed by atoms with Gasteiger partial charge in [0.15, 0.2) is 0 Å². The summed E-state index contributed by atoms with van der Waals surface area (Å²) in [6, 6.07) is 14.3. The number of halogens is 1. The van der Waals surface area contributed by atoms with Crippen LogP contribution in [-0.2, 0) is 4.74 Å². The van der Waals surface area contributed by atoms with E-state index in [1.807, 2.05) is 29.2 Å². The lowest BCUT2D eigenvalue weighted by molar-refractivity contribution is 0.0599. The van der Waals surface area contributed by atoms with E-state index in [0.717, 1.165) is 18.8 Å². The van der Waals surface area contributed by atoms with Gasteiger partial charge < -0.3 is 14.5 Å². The van der Waals surface area contributed by atoms with Crippen LogP contribution < -0.4 is 4.90 Å². The van der Waals surface area contributed by atoms with E-state index in [2.05, 4.69) is 9.64 Å². The number of carbonyl (C=O) groups is 2. The zero-order valence-corrected chi connectivity index (χ0v) is 14.7. The van der Waals surface area contributed by atoms with Crippen LogP contribution in [0.3, 0.4) is 0 Å². The van der Waals surface area contributed by atoms with E-state index in [-0.39, 0.29) is 5.91 Å². The minimum atomic E-state index is -0.407. The smallest absolute Gasteiger partial charge is 0.337 e. The van der Waals surface area contributed by atoms with Gasteiger partial charge in [-0.15, -0.1) is 0 Å². The molecule has 1 saturated heterocycles. The number of piperazine rings is 1. The summed E-state index contributed by atoms with van der Waals surface area (Å²) < 4.78 is 4.67. The number of hydrogen-bond acceptors (Lipinski definition) is 4. The number of ether oxygens (including phenoxy) is 1. The second kappa shape index (κ2) is 7.57. The lowest BCUT2D eigenvalue weighted by Gasteiger charge is -2.36. The number of rotatable bonds is 3. The first-order valence-corrected chi connectivity index (χ1v) is 8.44. The number of methoxy groups -OCH3 is 1. The minimum absolute atomic E-state index is 0.0211. The van der Waals surface area contributed by atoms with Gasteiger partial charge in [-0.05, 0) is 48.5 Å². The predicted molar refractivity (Wildman–Crippen MR) is 97.4 cm³/mol. The number of benzene rings is 2. The molecule has 1 fully saturated rings. The molecule has 3 rings (SSSR count). The monoisotopic (exact) mass is 358 g/mol. The fourth-order valence-electron chi connectivity index (χ4n) is 2.87. The summed E-state index contributed by atoms with van der Waals surface area (Å²) in [5, 5.41) is 0.716. The highest BCUT2D eigenvalue weighted by molar-refractivity contribution is 6.30. The summed E-state index contributed by atoms with van der Waals surface area (Å²) in [4.78, 5) is 28.1. The first-order valence-electron chi connectivity index (χ1n) is 8.06. The maximum Gasteiger partial charge on any atom is 0.337 e. The second-order valence-corrected chi connectivity index (χ2v) is 6.26. The summed E-state index contributed by atoms with van der Waals surface area (Å²) >= 11 is 5.92. The third kappa shape index (κ3) is 3.94. The van der Waals surface area contributed by atoms with Crippen LogP contribution in [0.4, 0.5) is 5.69 Å². The summed E-state index contributed by atoms with van der Waals surface area (Å²) in [7, 11) is 1.33. The Morgan fingerprint density at radius 1 is 0.880 bits per heavy atom. The molecule has 130 valence electrons. The van der Waals surface area contributed by atoms with Crippen molar-refractivity contribution in [3.05, 3.63) is 64.7 Å². The summed E-state index contributed by atoms with van der Waals surface area (Å²) in [6.45, 7) is 2.85. The quantitative estimate of drug-likeness (QED) is 0.791. The lowest BCUT2D eigenvalue weighted by atomic mass is 10.1. The summed E-state index contributed by atoms with van der Waals surface area (Å²) in [5.41, 5.74) is 2.12. The van der Waals surface area contributed by atoms with Gasteiger partial charge in [0.25, 0.3) is 5.91 Å². The largest absolute Gasteiger partial charge is 0.465 e. The van der Waals surface area contributed by atoms with Gasteiger partial charge >= 0.3 is 5.97 Å². The number of amides is 1. The molecule has 5 nitrogen and oxygen atoms in total. The first kappa shape index (κ1) is 17.3. The van der Waals surface area contributed by atoms with Crippen molar-refractivity contribution in [2.45, 2.75) is 0 Å². The number of nitrogens with zero attached hydrogens (tertiary/aromatic N) is 2. The molecule has 0 radical (unpaired) electrons. The Balaban J connectivity index is 1.61. The van der Waals surface area contributed by atoms with Crippen molar-refractivity contribution >= 4 is 29.2 Å². The molecule has 0 spiro atoms. The molecule has 0 aromatic heterocycles. The maximum atomic E-state index is 12.6. The van der Waals surface area contributed by atoms with Crippen molar-refractivity contribution in [2.24, 2.45) is 0 Å². The van der Waals surface area contributed by atoms with Crippen molar-refractivity contribution in [1.82, 2.24) is 4.90 Å². The summed E-state index contributed by atoms with van der Waals surface area (Å²) in [5.74, 6) is -0.428. The standard InChI is InChI=1S/C19H19ClN2O3/c1-25-19(24)15-4-2-14(3-5-15)18(23)22-12-10-21(11-13-22)17-8-6-16(20)7-9-17/h2-9H,10-13H2,1H3. The molecule has 1 aliphatic rings. The van der Waals surface area contributed by atoms with Crippen molar-refractivity contribution in [1.29, 1.82) is 0 Å². The Kier molecular flexibility index (Phi) is 5.24. The van der Waals surface area contributed by atoms with Gasteiger partial charge in [0.05, 0.1) is 12.7 Å². The van der Waals surface area contributed by atoms with Gasteiger partial charge in [-0.1, -0.05) is 11.6 Å². The zero-order chi connectivity index (χ0) is 17.8. The SMILES string of the molecule is COC(=O)c1ccc(C(=O)N2CCN(c3ccc(Cl)cc3)CC2)cc1. The molecule has 2 aromatic carbocycles. The number of hydrogen-bond donors (Lipinski definition) is 0. The number of esters is 1. The maximum absolute atomic E-state index is 12.6. The molecule has 1 amide bonds. The van der Waals surface area contributed by atoms with Crippen LogP contribution >= 0.6 is 11.6 Å². The molecular formula is C19H19ClN2O3. The fraction of sp³-hybridized carbons (Fsp3) is 0.263. The van der Waals surface area contributed by atoms with Crippen LogP contribution in [0.15, 0.2) is 48.5 Å². The molecule has 25 heavy (non-hydrogen) atoms. The normalized spacial score (nSPS) is 14.3. The first-order chi connectivity index (χ1) is 12.1. The Hall–Kier alpha value is -2.53. The van der Waals surface area contributed by atoms with Gasteiger partial charge in [0, 0.05) is 42.5 Å². The van der Waals surface area contributed by atoms with Gasteiger partial charge in [-0.2, -0.15) is 0 Å². The van der Waals surface area contributed by atoms with E-state index in [4.69, 9.17) is 11.6 Å². The molecule has 0 unspecified atom stereocenters. The Morgan fingerprint density at radius 2 is 1.44 bits per heavy atom. The topological polar surface area (TPSA) is 49.9 Å². The molecule has 1 heterocycles. The van der Waals surface area contributed by atoms with Gasteiger partial charge in [-0.25, -0.2) is 4.79 Å². The van der Waals surface area contributed by atoms with Crippen molar-refractivity contribution in [3.8, 4) is 0 Å². The molecule has 0 saturated carbocycles. The van der Waals surface area contributed by atoms with Crippen LogP contribution in [0, 0.1) is 0 Å². The Labute approximate surface area is 151 Å². The van der Waals surface area contributed by atoms with E-state index in [9.17, 15) is 9.59 Å². The second-order valence-electron chi connectivity index (χ2n) is 5.82. The highest BCUT2D eigenvalue weighted by Gasteiger charge is 2.22. The van der Waals surface area contributed by atoms with Gasteiger partial charge in [0.2, 0.25) is 0 Å². The molecular weight excluding hydrogens is 340 g/mol. The van der Waals surface area contributed by atoms with E-state index in [1.54, 1.807) is 24.3 Å². The van der Waals surface area contributed by atoms with Crippen LogP contribution in [0.25, 0.3) is 0 Å². The highest BCUT2D eigenvalue weighted by atomic mass is 35.5. The number of carbonyl (C=O) groups excluding carboxylic acids is 2. The van der Waals surface area contributed by atoms with E-state index in [0.29, 0.717) is 29.2 Å². The summed E-state index contributed by atoms with van der Waals surface area (Å²) in [6.07, 6.45) is 0. The lowest BCUT2D eigenvalue weighted by Crippen LogP contribution is -2.48. The van der Waals surface area contributed by atoms with Gasteiger partial charge in [-0.3, -0.25) is 4.79 Å². The molecule has 0 N–H and O–H groups in total. The molecule has 6 heteroatoms. The Bertz CT molecular complexity index is 751. The fourth-order valence-corrected chi connectivity index (χ4v) is 2.99. The zero-order valence-electron chi connectivity index (χ0n) is 13.9. The third-order valence-corrected chi connectivity index (χ3v) is 4.56. The van der Waals surface area contributed by atoms with Crippen molar-refractivity contribution in [3.63, 3.8) is 0 Å². The van der Waals surface area contributed by atoms with E-state index >= 15 is 0 Å². The van der Waals surface area contributed by atoms with Crippen LogP contribution in [0.5, 0.6) is 0 Å². The van der Waals surface area contributed by atoms with E-state index < -0.39 is 5.97 Å². The third-order valence-electron chi connectivity index (χ3n) is 4.31. The van der Waals surface area contributed by atoms with Crippen molar-refractivity contribution in [2.75, 3.05) is 38.2 Å². The van der Waals surface area contributed by atoms with Gasteiger partial charge in [0.1, 0.15) is 0 Å². The highest BCUT2D eigenvalue weighted by Crippen LogP contribution is 2.20. The average molecular weight is 359 g/mol. The van der Waals surface area contributed by atoms with Crippen LogP contribution in [0.2, 0.25) is 5.02 Å². The minimum Gasteiger partial charge on any atom is -0.465 e. The predicted octanol–water partition coefficient (Wildman–Crippen LogP) is 3.09. The molecule has 0 aliphatic carbocycles. The van der Waals surface area contributed by atoms with Crippen LogP contribution in [0.1, 0.15) is 20.7 Å². The van der Waals surface area contributed by atoms with Crippen molar-refractivity contribution < 1.29 is 14.3 Å². The molecule has 0 atom stereocenters. The molecule has 1 aliphatic heterocycles. The van der Waals surface area contributed by atoms with E-state index in [1.165, 1.54) is 7.11 Å². The average Bonchev–Trinajstić information content (AvgIpc) is 2.67. The van der Waals surface area contributed by atoms with Crippen LogP contribution in [-0.4, -0.2) is 50.1 Å². The number of anilines is 1. The Morgan fingerprint density at radius 3 is 2.00 bits per heavy atom. The molecule has 2 aromatic rings. The molecule has 0 bridgehead atoms.